The number of benzene rings is 1. The predicted octanol–water partition coefficient (Wildman–Crippen LogP) is 2.46. The van der Waals surface area contributed by atoms with Gasteiger partial charge in [-0.3, -0.25) is 19.8 Å². The van der Waals surface area contributed by atoms with Gasteiger partial charge in [-0.15, -0.1) is 0 Å². The predicted molar refractivity (Wildman–Crippen MR) is 107 cm³/mol. The highest BCUT2D eigenvalue weighted by molar-refractivity contribution is 6.33. The van der Waals surface area contributed by atoms with E-state index in [4.69, 9.17) is 30.6 Å². The summed E-state index contributed by atoms with van der Waals surface area (Å²) in [6, 6.07) is 5.14. The van der Waals surface area contributed by atoms with Crippen LogP contribution in [0.5, 0.6) is 11.5 Å². The molecule has 1 aliphatic rings. The first-order valence-electron chi connectivity index (χ1n) is 9.02. The Morgan fingerprint density at radius 1 is 1.29 bits per heavy atom. The monoisotopic (exact) mass is 448 g/mol. The zero-order valence-electron chi connectivity index (χ0n) is 16.2. The van der Waals surface area contributed by atoms with E-state index in [1.165, 1.54) is 24.5 Å². The average Bonchev–Trinajstić information content (AvgIpc) is 3.21. The van der Waals surface area contributed by atoms with E-state index in [2.05, 4.69) is 5.32 Å². The quantitative estimate of drug-likeness (QED) is 0.464. The first kappa shape index (κ1) is 21.9. The van der Waals surface area contributed by atoms with Crippen LogP contribution >= 0.6 is 11.6 Å². The van der Waals surface area contributed by atoms with Crippen molar-refractivity contribution in [2.75, 3.05) is 13.2 Å². The summed E-state index contributed by atoms with van der Waals surface area (Å²) in [7, 11) is 0. The number of nitrogens with one attached hydrogen (secondary N) is 1. The number of nitrogens with zero attached hydrogens (tertiary/aromatic N) is 1. The number of amides is 4. The molecule has 1 aromatic heterocycles. The van der Waals surface area contributed by atoms with Gasteiger partial charge in [-0.05, 0) is 42.8 Å². The third kappa shape index (κ3) is 5.04. The number of rotatable bonds is 8. The van der Waals surface area contributed by atoms with Gasteiger partial charge in [-0.25, -0.2) is 9.59 Å². The molecule has 11 heteroatoms. The van der Waals surface area contributed by atoms with Gasteiger partial charge in [0, 0.05) is 0 Å². The Labute approximate surface area is 181 Å². The van der Waals surface area contributed by atoms with Crippen LogP contribution in [0.25, 0.3) is 6.08 Å². The van der Waals surface area contributed by atoms with Crippen molar-refractivity contribution in [2.45, 2.75) is 13.5 Å². The Morgan fingerprint density at radius 3 is 2.71 bits per heavy atom. The Hall–Kier alpha value is -3.79. The lowest BCUT2D eigenvalue weighted by atomic mass is 10.1. The Bertz CT molecular complexity index is 1060. The molecule has 0 radical (unpaired) electrons. The number of carbonyl (C=O) groups excluding carboxylic acids is 3. The van der Waals surface area contributed by atoms with Gasteiger partial charge in [0.2, 0.25) is 0 Å². The van der Waals surface area contributed by atoms with E-state index in [0.717, 1.165) is 4.90 Å². The molecule has 1 fully saturated rings. The zero-order chi connectivity index (χ0) is 22.5. The minimum atomic E-state index is -1.20. The standard InChI is InChI=1S/C20H17ClN2O8/c1-2-29-15-8-11(7-14(21)17(15)31-10-16(24)25)6-13-18(26)22-20(28)23(19(13)27)9-12-4-3-5-30-12/h3-8H,2,9-10H2,1H3,(H,24,25)(H,22,26,28)/b13-6+. The summed E-state index contributed by atoms with van der Waals surface area (Å²) < 4.78 is 15.8. The topological polar surface area (TPSA) is 135 Å². The molecule has 31 heavy (non-hydrogen) atoms. The van der Waals surface area contributed by atoms with Crippen molar-refractivity contribution in [3.63, 3.8) is 0 Å². The van der Waals surface area contributed by atoms with E-state index >= 15 is 0 Å². The number of barbiturate groups is 1. The molecule has 2 N–H and O–H groups in total. The summed E-state index contributed by atoms with van der Waals surface area (Å²) in [5.74, 6) is -2.37. The first-order valence-corrected chi connectivity index (χ1v) is 9.40. The SMILES string of the molecule is CCOc1cc(/C=C2\C(=O)NC(=O)N(Cc3ccco3)C2=O)cc(Cl)c1OCC(=O)O. The van der Waals surface area contributed by atoms with Crippen molar-refractivity contribution in [1.29, 1.82) is 0 Å². The van der Waals surface area contributed by atoms with Crippen LogP contribution in [0.2, 0.25) is 5.02 Å². The number of halogens is 1. The molecular formula is C20H17ClN2O8. The fraction of sp³-hybridized carbons (Fsp3) is 0.200. The van der Waals surface area contributed by atoms with Crippen LogP contribution in [-0.4, -0.2) is 47.0 Å². The maximum absolute atomic E-state index is 12.8. The molecule has 4 amide bonds. The zero-order valence-corrected chi connectivity index (χ0v) is 17.0. The van der Waals surface area contributed by atoms with Gasteiger partial charge in [0.15, 0.2) is 18.1 Å². The molecule has 0 bridgehead atoms. The summed E-state index contributed by atoms with van der Waals surface area (Å²) in [5.41, 5.74) is 0.00537. The van der Waals surface area contributed by atoms with Gasteiger partial charge in [0.25, 0.3) is 11.8 Å². The number of ether oxygens (including phenoxy) is 2. The van der Waals surface area contributed by atoms with E-state index < -0.39 is 30.4 Å². The van der Waals surface area contributed by atoms with Crippen LogP contribution in [0, 0.1) is 0 Å². The van der Waals surface area contributed by atoms with Gasteiger partial charge < -0.3 is 19.0 Å². The summed E-state index contributed by atoms with van der Waals surface area (Å²) in [6.45, 7) is 1.14. The number of urea groups is 1. The lowest BCUT2D eigenvalue weighted by Crippen LogP contribution is -2.53. The highest BCUT2D eigenvalue weighted by Crippen LogP contribution is 2.37. The molecule has 162 valence electrons. The fourth-order valence-electron chi connectivity index (χ4n) is 2.77. The van der Waals surface area contributed by atoms with E-state index in [1.54, 1.807) is 19.1 Å². The molecule has 2 heterocycles. The second-order valence-corrected chi connectivity index (χ2v) is 6.64. The summed E-state index contributed by atoms with van der Waals surface area (Å²) in [6.07, 6.45) is 2.64. The number of carboxylic acid groups (broad SMARTS) is 1. The van der Waals surface area contributed by atoms with E-state index in [9.17, 15) is 19.2 Å². The first-order chi connectivity index (χ1) is 14.8. The van der Waals surface area contributed by atoms with Crippen molar-refractivity contribution in [3.8, 4) is 11.5 Å². The molecule has 1 aromatic carbocycles. The maximum Gasteiger partial charge on any atom is 0.341 e. The number of carboxylic acids is 1. The van der Waals surface area contributed by atoms with Crippen molar-refractivity contribution < 1.29 is 38.2 Å². The third-order valence-corrected chi connectivity index (χ3v) is 4.34. The van der Waals surface area contributed by atoms with E-state index in [-0.39, 0.29) is 35.2 Å². The van der Waals surface area contributed by atoms with Crippen LogP contribution in [0.15, 0.2) is 40.5 Å². The lowest BCUT2D eigenvalue weighted by Gasteiger charge is -2.25. The molecule has 1 aliphatic heterocycles. The third-order valence-electron chi connectivity index (χ3n) is 4.06. The lowest BCUT2D eigenvalue weighted by molar-refractivity contribution is -0.139. The maximum atomic E-state index is 12.8. The van der Waals surface area contributed by atoms with Crippen LogP contribution in [0.4, 0.5) is 4.79 Å². The van der Waals surface area contributed by atoms with E-state index in [0.29, 0.717) is 11.3 Å². The molecule has 0 unspecified atom stereocenters. The van der Waals surface area contributed by atoms with Crippen LogP contribution in [0.1, 0.15) is 18.2 Å². The van der Waals surface area contributed by atoms with Crippen molar-refractivity contribution in [2.24, 2.45) is 0 Å². The fourth-order valence-corrected chi connectivity index (χ4v) is 3.04. The average molecular weight is 449 g/mol. The number of carbonyl (C=O) groups is 4. The number of imide groups is 2. The van der Waals surface area contributed by atoms with Crippen LogP contribution < -0.4 is 14.8 Å². The van der Waals surface area contributed by atoms with Crippen LogP contribution in [-0.2, 0) is 20.9 Å². The summed E-state index contributed by atoms with van der Waals surface area (Å²) >= 11 is 6.20. The molecule has 0 aliphatic carbocycles. The van der Waals surface area contributed by atoms with Crippen LogP contribution in [0.3, 0.4) is 0 Å². The largest absolute Gasteiger partial charge is 0.490 e. The van der Waals surface area contributed by atoms with E-state index in [1.807, 2.05) is 0 Å². The Balaban J connectivity index is 1.94. The Kier molecular flexibility index (Phi) is 6.61. The minimum Gasteiger partial charge on any atom is -0.490 e. The second kappa shape index (κ2) is 9.35. The summed E-state index contributed by atoms with van der Waals surface area (Å²) in [4.78, 5) is 48.8. The van der Waals surface area contributed by atoms with Gasteiger partial charge in [-0.2, -0.15) is 0 Å². The van der Waals surface area contributed by atoms with Crippen molar-refractivity contribution in [3.05, 3.63) is 52.4 Å². The number of hydrogen-bond acceptors (Lipinski definition) is 7. The van der Waals surface area contributed by atoms with Gasteiger partial charge in [0.1, 0.15) is 11.3 Å². The highest BCUT2D eigenvalue weighted by Gasteiger charge is 2.36. The molecule has 10 nitrogen and oxygen atoms in total. The minimum absolute atomic E-state index is 0.0158. The molecule has 0 saturated carbocycles. The van der Waals surface area contributed by atoms with Gasteiger partial charge in [0.05, 0.1) is 24.4 Å². The summed E-state index contributed by atoms with van der Waals surface area (Å²) in [5, 5.41) is 10.9. The van der Waals surface area contributed by atoms with Gasteiger partial charge in [-0.1, -0.05) is 11.6 Å². The highest BCUT2D eigenvalue weighted by atomic mass is 35.5. The molecular weight excluding hydrogens is 432 g/mol. The van der Waals surface area contributed by atoms with Gasteiger partial charge >= 0.3 is 12.0 Å². The second-order valence-electron chi connectivity index (χ2n) is 6.23. The normalized spacial score (nSPS) is 15.2. The number of aliphatic carboxylic acids is 1. The number of hydrogen-bond donors (Lipinski definition) is 2. The van der Waals surface area contributed by atoms with Crippen molar-refractivity contribution >= 4 is 41.5 Å². The number of furan rings is 1. The molecule has 0 atom stereocenters. The molecule has 2 aromatic rings. The smallest absolute Gasteiger partial charge is 0.341 e. The van der Waals surface area contributed by atoms with Crippen molar-refractivity contribution in [1.82, 2.24) is 10.2 Å². The molecule has 0 spiro atoms. The Morgan fingerprint density at radius 2 is 2.06 bits per heavy atom. The molecule has 1 saturated heterocycles. The molecule has 3 rings (SSSR count).